The summed E-state index contributed by atoms with van der Waals surface area (Å²) in [6.07, 6.45) is 0. The van der Waals surface area contributed by atoms with Crippen LogP contribution in [0.25, 0.3) is 5.69 Å². The van der Waals surface area contributed by atoms with Crippen LogP contribution in [-0.2, 0) is 7.05 Å². The lowest BCUT2D eigenvalue weighted by Gasteiger charge is -2.09. The predicted molar refractivity (Wildman–Crippen MR) is 67.6 cm³/mol. The van der Waals surface area contributed by atoms with Gasteiger partial charge in [0.2, 0.25) is 0 Å². The number of rotatable bonds is 1. The van der Waals surface area contributed by atoms with E-state index in [-0.39, 0.29) is 5.69 Å². The molecule has 0 radical (unpaired) electrons. The highest BCUT2D eigenvalue weighted by Crippen LogP contribution is 2.13. The summed E-state index contributed by atoms with van der Waals surface area (Å²) >= 11 is 0. The smallest absolute Gasteiger partial charge is 0.246 e. The Balaban J connectivity index is 2.82. The maximum atomic E-state index is 11.9. The van der Waals surface area contributed by atoms with Crippen LogP contribution in [0.2, 0.25) is 0 Å². The Hall–Kier alpha value is -1.41. The number of hydrogen-bond acceptors (Lipinski definition) is 2. The Morgan fingerprint density at radius 3 is 2.50 bits per heavy atom. The summed E-state index contributed by atoms with van der Waals surface area (Å²) in [5.41, 5.74) is 1.85. The maximum Gasteiger partial charge on any atom is 0.350 e. The molecule has 2 rings (SSSR count). The van der Waals surface area contributed by atoms with Crippen LogP contribution < -0.4 is 11.0 Å². The van der Waals surface area contributed by atoms with E-state index in [4.69, 9.17) is 0 Å². The van der Waals surface area contributed by atoms with Crippen molar-refractivity contribution in [1.29, 1.82) is 0 Å². The molecular formula is C11H14N3OP. The fourth-order valence-corrected chi connectivity index (χ4v) is 2.30. The molecule has 0 aliphatic heterocycles. The quantitative estimate of drug-likeness (QED) is 0.682. The van der Waals surface area contributed by atoms with E-state index in [9.17, 15) is 4.79 Å². The molecule has 1 heterocycles. The van der Waals surface area contributed by atoms with Crippen molar-refractivity contribution in [2.75, 3.05) is 0 Å². The van der Waals surface area contributed by atoms with Crippen molar-refractivity contribution >= 4 is 14.5 Å². The highest BCUT2D eigenvalue weighted by Gasteiger charge is 2.13. The minimum atomic E-state index is -0.115. The number of hydrogen-bond donors (Lipinski definition) is 0. The number of benzene rings is 1. The normalized spacial score (nSPS) is 10.8. The zero-order valence-corrected chi connectivity index (χ0v) is 10.7. The first-order valence-corrected chi connectivity index (χ1v) is 5.58. The first-order chi connectivity index (χ1) is 7.52. The van der Waals surface area contributed by atoms with Gasteiger partial charge in [0.15, 0.2) is 0 Å². The van der Waals surface area contributed by atoms with Gasteiger partial charge in [0, 0.05) is 7.05 Å². The Morgan fingerprint density at radius 2 is 2.00 bits per heavy atom. The van der Waals surface area contributed by atoms with Crippen molar-refractivity contribution in [3.63, 3.8) is 0 Å². The minimum Gasteiger partial charge on any atom is -0.246 e. The second kappa shape index (κ2) is 3.87. The van der Waals surface area contributed by atoms with Crippen molar-refractivity contribution in [1.82, 2.24) is 14.3 Å². The highest BCUT2D eigenvalue weighted by molar-refractivity contribution is 7.27. The topological polar surface area (TPSA) is 39.8 Å². The van der Waals surface area contributed by atoms with E-state index in [0.717, 1.165) is 16.6 Å². The number of aromatic nitrogens is 3. The maximum absolute atomic E-state index is 11.9. The zero-order chi connectivity index (χ0) is 11.9. The van der Waals surface area contributed by atoms with Crippen molar-refractivity contribution in [3.8, 4) is 5.69 Å². The van der Waals surface area contributed by atoms with Gasteiger partial charge >= 0.3 is 5.69 Å². The molecule has 0 aliphatic rings. The molecule has 1 atom stereocenters. The van der Waals surface area contributed by atoms with Gasteiger partial charge in [-0.3, -0.25) is 0 Å². The standard InChI is InChI=1S/C11H14N3OP/c1-7-5-4-6-9(16)10(7)14-8(2)12-13(3)11(14)15/h4-6H,16H2,1-3H3. The van der Waals surface area contributed by atoms with Crippen molar-refractivity contribution in [2.45, 2.75) is 13.8 Å². The molecule has 0 saturated carbocycles. The van der Waals surface area contributed by atoms with Crippen LogP contribution in [0.1, 0.15) is 11.4 Å². The zero-order valence-electron chi connectivity index (χ0n) is 9.56. The van der Waals surface area contributed by atoms with Gasteiger partial charge in [-0.2, -0.15) is 5.10 Å². The van der Waals surface area contributed by atoms with E-state index in [1.165, 1.54) is 4.68 Å². The van der Waals surface area contributed by atoms with E-state index in [2.05, 4.69) is 14.3 Å². The SMILES string of the molecule is Cc1cccc(P)c1-n1c(C)nn(C)c1=O. The number of aryl methyl sites for hydroxylation is 3. The predicted octanol–water partition coefficient (Wildman–Crippen LogP) is 0.688. The molecule has 0 fully saturated rings. The average Bonchev–Trinajstić information content (AvgIpc) is 2.44. The van der Waals surface area contributed by atoms with E-state index in [0.29, 0.717) is 5.82 Å². The van der Waals surface area contributed by atoms with Crippen LogP contribution in [-0.4, -0.2) is 14.3 Å². The fourth-order valence-electron chi connectivity index (χ4n) is 1.83. The Morgan fingerprint density at radius 1 is 1.31 bits per heavy atom. The van der Waals surface area contributed by atoms with E-state index in [1.54, 1.807) is 11.6 Å². The largest absolute Gasteiger partial charge is 0.350 e. The number of para-hydroxylation sites is 1. The second-order valence-electron chi connectivity index (χ2n) is 3.80. The lowest BCUT2D eigenvalue weighted by atomic mass is 10.2. The van der Waals surface area contributed by atoms with Gasteiger partial charge in [0.25, 0.3) is 0 Å². The lowest BCUT2D eigenvalue weighted by Crippen LogP contribution is -2.25. The molecule has 16 heavy (non-hydrogen) atoms. The summed E-state index contributed by atoms with van der Waals surface area (Å²) in [5.74, 6) is 0.700. The molecule has 0 N–H and O–H groups in total. The van der Waals surface area contributed by atoms with Crippen LogP contribution in [0.4, 0.5) is 0 Å². The average molecular weight is 235 g/mol. The van der Waals surface area contributed by atoms with Gasteiger partial charge in [-0.1, -0.05) is 18.2 Å². The van der Waals surface area contributed by atoms with Gasteiger partial charge in [0.1, 0.15) is 5.82 Å². The summed E-state index contributed by atoms with van der Waals surface area (Å²) < 4.78 is 2.99. The molecule has 84 valence electrons. The van der Waals surface area contributed by atoms with Crippen LogP contribution in [0.15, 0.2) is 23.0 Å². The molecule has 0 aliphatic carbocycles. The fraction of sp³-hybridized carbons (Fsp3) is 0.273. The molecule has 0 spiro atoms. The Kier molecular flexibility index (Phi) is 2.68. The molecule has 1 aromatic heterocycles. The molecule has 4 nitrogen and oxygen atoms in total. The van der Waals surface area contributed by atoms with Gasteiger partial charge in [-0.05, 0) is 24.7 Å². The first kappa shape index (κ1) is 11.1. The van der Waals surface area contributed by atoms with Crippen molar-refractivity contribution in [2.24, 2.45) is 7.05 Å². The van der Waals surface area contributed by atoms with Gasteiger partial charge in [-0.25, -0.2) is 14.0 Å². The van der Waals surface area contributed by atoms with E-state index in [1.807, 2.05) is 32.0 Å². The third kappa shape index (κ3) is 1.59. The molecule has 0 amide bonds. The Bertz CT molecular complexity index is 578. The van der Waals surface area contributed by atoms with Crippen LogP contribution in [0.3, 0.4) is 0 Å². The summed E-state index contributed by atoms with van der Waals surface area (Å²) in [6, 6.07) is 5.92. The van der Waals surface area contributed by atoms with E-state index >= 15 is 0 Å². The molecule has 0 saturated heterocycles. The third-order valence-corrected chi connectivity index (χ3v) is 3.04. The van der Waals surface area contributed by atoms with Gasteiger partial charge in [-0.15, -0.1) is 9.24 Å². The van der Waals surface area contributed by atoms with Crippen molar-refractivity contribution in [3.05, 3.63) is 40.1 Å². The summed E-state index contributed by atoms with van der Waals surface area (Å²) in [4.78, 5) is 11.9. The van der Waals surface area contributed by atoms with Crippen LogP contribution in [0.5, 0.6) is 0 Å². The van der Waals surface area contributed by atoms with Crippen molar-refractivity contribution < 1.29 is 0 Å². The van der Waals surface area contributed by atoms with Crippen LogP contribution >= 0.6 is 9.24 Å². The number of nitrogens with zero attached hydrogens (tertiary/aromatic N) is 3. The molecular weight excluding hydrogens is 221 g/mol. The summed E-state index contributed by atoms with van der Waals surface area (Å²) in [7, 11) is 4.31. The third-order valence-electron chi connectivity index (χ3n) is 2.58. The minimum absolute atomic E-state index is 0.115. The molecule has 1 aromatic carbocycles. The molecule has 0 bridgehead atoms. The molecule has 5 heteroatoms. The second-order valence-corrected chi connectivity index (χ2v) is 4.42. The monoisotopic (exact) mass is 235 g/mol. The van der Waals surface area contributed by atoms with E-state index < -0.39 is 0 Å². The van der Waals surface area contributed by atoms with Crippen LogP contribution in [0, 0.1) is 13.8 Å². The molecule has 1 unspecified atom stereocenters. The molecule has 2 aromatic rings. The van der Waals surface area contributed by atoms with Gasteiger partial charge in [0.05, 0.1) is 5.69 Å². The van der Waals surface area contributed by atoms with Gasteiger partial charge < -0.3 is 0 Å². The first-order valence-electron chi connectivity index (χ1n) is 5.00. The summed E-state index contributed by atoms with van der Waals surface area (Å²) in [6.45, 7) is 3.82. The highest BCUT2D eigenvalue weighted by atomic mass is 31.0. The lowest BCUT2D eigenvalue weighted by molar-refractivity contribution is 0.723. The summed E-state index contributed by atoms with van der Waals surface area (Å²) in [5, 5.41) is 5.13. The Labute approximate surface area is 96.1 Å².